The molecule has 0 aromatic heterocycles. The number of carbonyl (C=O) groups excluding carboxylic acids is 1. The van der Waals surface area contributed by atoms with E-state index in [4.69, 9.17) is 9.47 Å². The summed E-state index contributed by atoms with van der Waals surface area (Å²) >= 11 is 1.59. The zero-order chi connectivity index (χ0) is 22.0. The lowest BCUT2D eigenvalue weighted by atomic mass is 9.74. The Morgan fingerprint density at radius 3 is 2.47 bits per heavy atom. The highest BCUT2D eigenvalue weighted by Crippen LogP contribution is 2.35. The van der Waals surface area contributed by atoms with Gasteiger partial charge in [0.05, 0.1) is 12.4 Å². The zero-order valence-electron chi connectivity index (χ0n) is 18.1. The summed E-state index contributed by atoms with van der Waals surface area (Å²) in [5.74, 6) is 1.18. The molecule has 1 aromatic rings. The molecule has 1 fully saturated rings. The van der Waals surface area contributed by atoms with Crippen molar-refractivity contribution in [1.29, 1.82) is 0 Å². The van der Waals surface area contributed by atoms with E-state index in [9.17, 15) is 13.2 Å². The number of sulfonamides is 1. The lowest BCUT2D eigenvalue weighted by molar-refractivity contribution is -0.123. The Kier molecular flexibility index (Phi) is 9.93. The van der Waals surface area contributed by atoms with Crippen LogP contribution in [-0.4, -0.2) is 64.5 Å². The molecule has 7 nitrogen and oxygen atoms in total. The van der Waals surface area contributed by atoms with Gasteiger partial charge in [0.15, 0.2) is 0 Å². The Labute approximate surface area is 184 Å². The van der Waals surface area contributed by atoms with E-state index >= 15 is 0 Å². The molecule has 1 aliphatic rings. The van der Waals surface area contributed by atoms with Gasteiger partial charge in [-0.1, -0.05) is 12.1 Å². The van der Waals surface area contributed by atoms with Crippen LogP contribution in [0.5, 0.6) is 5.75 Å². The van der Waals surface area contributed by atoms with Crippen molar-refractivity contribution in [2.24, 2.45) is 0 Å². The molecule has 0 aliphatic carbocycles. The number of rotatable bonds is 12. The maximum Gasteiger partial charge on any atom is 0.238 e. The molecule has 1 atom stereocenters. The van der Waals surface area contributed by atoms with E-state index in [1.807, 2.05) is 37.4 Å². The number of hydrogen-bond donors (Lipinski definition) is 2. The third kappa shape index (κ3) is 7.14. The first kappa shape index (κ1) is 25.0. The van der Waals surface area contributed by atoms with Crippen LogP contribution in [0.2, 0.25) is 0 Å². The Bertz CT molecular complexity index is 762. The molecule has 30 heavy (non-hydrogen) atoms. The topological polar surface area (TPSA) is 93.7 Å². The second-order valence-corrected chi connectivity index (χ2v) is 10.5. The first-order valence-corrected chi connectivity index (χ1v) is 13.5. The first-order valence-electron chi connectivity index (χ1n) is 10.4. The zero-order valence-corrected chi connectivity index (χ0v) is 19.7. The van der Waals surface area contributed by atoms with Gasteiger partial charge in [-0.25, -0.2) is 13.1 Å². The molecular weight excluding hydrogens is 424 g/mol. The van der Waals surface area contributed by atoms with Gasteiger partial charge in [0.25, 0.3) is 0 Å². The summed E-state index contributed by atoms with van der Waals surface area (Å²) in [5, 5.41) is 3.03. The summed E-state index contributed by atoms with van der Waals surface area (Å²) in [5.41, 5.74) is 0.885. The minimum Gasteiger partial charge on any atom is -0.494 e. The highest BCUT2D eigenvalue weighted by molar-refractivity contribution is 7.98. The molecule has 170 valence electrons. The fourth-order valence-corrected chi connectivity index (χ4v) is 4.86. The minimum absolute atomic E-state index is 0.0521. The Balaban J connectivity index is 2.14. The van der Waals surface area contributed by atoms with E-state index in [1.165, 1.54) is 0 Å². The number of nitrogens with one attached hydrogen (secondary N) is 2. The molecular formula is C21H34N2O5S2. The molecule has 0 spiro atoms. The average molecular weight is 459 g/mol. The van der Waals surface area contributed by atoms with Crippen molar-refractivity contribution in [2.75, 3.05) is 44.1 Å². The van der Waals surface area contributed by atoms with Crippen molar-refractivity contribution in [3.05, 3.63) is 29.8 Å². The van der Waals surface area contributed by atoms with E-state index in [0.29, 0.717) is 38.5 Å². The smallest absolute Gasteiger partial charge is 0.238 e. The van der Waals surface area contributed by atoms with Gasteiger partial charge < -0.3 is 14.8 Å². The van der Waals surface area contributed by atoms with E-state index in [0.717, 1.165) is 24.2 Å². The lowest BCUT2D eigenvalue weighted by Crippen LogP contribution is -2.51. The molecule has 2 N–H and O–H groups in total. The van der Waals surface area contributed by atoms with E-state index in [1.54, 1.807) is 18.7 Å². The second kappa shape index (κ2) is 11.9. The molecule has 1 saturated heterocycles. The van der Waals surface area contributed by atoms with Crippen molar-refractivity contribution in [2.45, 2.75) is 44.6 Å². The number of hydrogen-bond acceptors (Lipinski definition) is 6. The van der Waals surface area contributed by atoms with Crippen molar-refractivity contribution >= 4 is 27.7 Å². The molecule has 0 saturated carbocycles. The van der Waals surface area contributed by atoms with Gasteiger partial charge in [-0.15, -0.1) is 0 Å². The maximum atomic E-state index is 12.9. The van der Waals surface area contributed by atoms with E-state index in [2.05, 4.69) is 10.0 Å². The van der Waals surface area contributed by atoms with Crippen molar-refractivity contribution in [1.82, 2.24) is 10.0 Å². The van der Waals surface area contributed by atoms with Crippen molar-refractivity contribution in [3.63, 3.8) is 0 Å². The Morgan fingerprint density at radius 2 is 1.90 bits per heavy atom. The number of amides is 1. The fraction of sp³-hybridized carbons (Fsp3) is 0.667. The van der Waals surface area contributed by atoms with E-state index < -0.39 is 16.1 Å². The van der Waals surface area contributed by atoms with Crippen LogP contribution < -0.4 is 14.8 Å². The largest absolute Gasteiger partial charge is 0.494 e. The maximum absolute atomic E-state index is 12.9. The second-order valence-electron chi connectivity index (χ2n) is 7.42. The highest BCUT2D eigenvalue weighted by Gasteiger charge is 2.36. The van der Waals surface area contributed by atoms with Crippen LogP contribution in [0.15, 0.2) is 24.3 Å². The van der Waals surface area contributed by atoms with Crippen molar-refractivity contribution in [3.8, 4) is 5.75 Å². The van der Waals surface area contributed by atoms with Crippen LogP contribution >= 0.6 is 11.8 Å². The van der Waals surface area contributed by atoms with Gasteiger partial charge in [0.2, 0.25) is 15.9 Å². The number of thioether (sulfide) groups is 1. The molecule has 2 rings (SSSR count). The molecule has 0 bridgehead atoms. The van der Waals surface area contributed by atoms with Gasteiger partial charge in [0, 0.05) is 25.2 Å². The Hall–Kier alpha value is -1.29. The normalized spacial score (nSPS) is 17.3. The summed E-state index contributed by atoms with van der Waals surface area (Å²) < 4.78 is 37.7. The van der Waals surface area contributed by atoms with Gasteiger partial charge in [-0.05, 0) is 62.8 Å². The molecule has 1 heterocycles. The predicted octanol–water partition coefficient (Wildman–Crippen LogP) is 2.31. The molecule has 0 radical (unpaired) electrons. The standard InChI is InChI=1S/C21H34N2O5S2/c1-4-28-18-8-6-17(7-9-18)21(11-13-27-14-12-21)16-22-20(24)19(10-15-29-3)23-30(25,26)5-2/h6-9,19,23H,4-5,10-16H2,1-3H3,(H,22,24). The summed E-state index contributed by atoms with van der Waals surface area (Å²) in [6, 6.07) is 7.24. The minimum atomic E-state index is -3.47. The first-order chi connectivity index (χ1) is 14.4. The quantitative estimate of drug-likeness (QED) is 0.499. The summed E-state index contributed by atoms with van der Waals surface area (Å²) in [4.78, 5) is 12.9. The van der Waals surface area contributed by atoms with Crippen LogP contribution in [0.1, 0.15) is 38.7 Å². The van der Waals surface area contributed by atoms with Crippen LogP contribution in [-0.2, 0) is 25.0 Å². The fourth-order valence-electron chi connectivity index (χ4n) is 3.56. The lowest BCUT2D eigenvalue weighted by Gasteiger charge is -2.38. The van der Waals surface area contributed by atoms with Gasteiger partial charge in [-0.2, -0.15) is 11.8 Å². The van der Waals surface area contributed by atoms with Gasteiger partial charge >= 0.3 is 0 Å². The third-order valence-electron chi connectivity index (χ3n) is 5.46. The third-order valence-corrected chi connectivity index (χ3v) is 7.51. The number of carbonyl (C=O) groups is 1. The summed E-state index contributed by atoms with van der Waals surface area (Å²) in [6.45, 7) is 5.81. The molecule has 1 aliphatic heterocycles. The summed E-state index contributed by atoms with van der Waals surface area (Å²) in [7, 11) is -3.47. The SMILES string of the molecule is CCOc1ccc(C2(CNC(=O)C(CCSC)NS(=O)(=O)CC)CCOCC2)cc1. The monoisotopic (exact) mass is 458 g/mol. The van der Waals surface area contributed by atoms with Crippen LogP contribution in [0.4, 0.5) is 0 Å². The molecule has 9 heteroatoms. The molecule has 1 unspecified atom stereocenters. The van der Waals surface area contributed by atoms with Crippen LogP contribution in [0.3, 0.4) is 0 Å². The highest BCUT2D eigenvalue weighted by atomic mass is 32.2. The van der Waals surface area contributed by atoms with Gasteiger partial charge in [0.1, 0.15) is 11.8 Å². The van der Waals surface area contributed by atoms with Gasteiger partial charge in [-0.3, -0.25) is 4.79 Å². The Morgan fingerprint density at radius 1 is 1.23 bits per heavy atom. The number of ether oxygens (including phenoxy) is 2. The molecule has 1 amide bonds. The average Bonchev–Trinajstić information content (AvgIpc) is 2.76. The number of benzene rings is 1. The van der Waals surface area contributed by atoms with Crippen LogP contribution in [0.25, 0.3) is 0 Å². The van der Waals surface area contributed by atoms with E-state index in [-0.39, 0.29) is 17.1 Å². The van der Waals surface area contributed by atoms with Crippen LogP contribution in [0, 0.1) is 0 Å². The summed E-state index contributed by atoms with van der Waals surface area (Å²) in [6.07, 6.45) is 3.96. The molecule has 1 aromatic carbocycles. The van der Waals surface area contributed by atoms with Crippen molar-refractivity contribution < 1.29 is 22.7 Å². The predicted molar refractivity (Wildman–Crippen MR) is 122 cm³/mol.